The Hall–Kier alpha value is -0.860. The molecule has 0 aliphatic carbocycles. The molecule has 0 fully saturated rings. The summed E-state index contributed by atoms with van der Waals surface area (Å²) in [6, 6.07) is 0. The fraction of sp³-hybridized carbons (Fsp3) is 0.882. The van der Waals surface area contributed by atoms with Crippen LogP contribution in [0.3, 0.4) is 0 Å². The van der Waals surface area contributed by atoms with Crippen molar-refractivity contribution >= 4 is 11.8 Å². The Kier molecular flexibility index (Phi) is 8.07. The van der Waals surface area contributed by atoms with Crippen molar-refractivity contribution in [1.82, 2.24) is 0 Å². The molecule has 0 aromatic rings. The lowest BCUT2D eigenvalue weighted by atomic mass is 9.70. The van der Waals surface area contributed by atoms with Gasteiger partial charge in [0.25, 0.3) is 0 Å². The SMILES string of the molecule is CCCCC(=O)CCC(C)(C)CC(C)(C)CCC(=O)O. The highest BCUT2D eigenvalue weighted by Crippen LogP contribution is 2.39. The largest absolute Gasteiger partial charge is 0.481 e. The van der Waals surface area contributed by atoms with Crippen molar-refractivity contribution < 1.29 is 14.7 Å². The van der Waals surface area contributed by atoms with E-state index in [9.17, 15) is 9.59 Å². The van der Waals surface area contributed by atoms with Gasteiger partial charge in [0.1, 0.15) is 5.78 Å². The quantitative estimate of drug-likeness (QED) is 0.591. The van der Waals surface area contributed by atoms with E-state index < -0.39 is 5.97 Å². The summed E-state index contributed by atoms with van der Waals surface area (Å²) in [4.78, 5) is 22.4. The molecule has 1 N–H and O–H groups in total. The number of carbonyl (C=O) groups excluding carboxylic acids is 1. The zero-order valence-corrected chi connectivity index (χ0v) is 13.9. The molecule has 0 saturated heterocycles. The minimum Gasteiger partial charge on any atom is -0.481 e. The summed E-state index contributed by atoms with van der Waals surface area (Å²) in [7, 11) is 0. The zero-order chi connectivity index (χ0) is 15.8. The third-order valence-corrected chi connectivity index (χ3v) is 3.86. The van der Waals surface area contributed by atoms with Gasteiger partial charge in [-0.15, -0.1) is 0 Å². The summed E-state index contributed by atoms with van der Waals surface area (Å²) in [6.45, 7) is 10.7. The Morgan fingerprint density at radius 3 is 1.85 bits per heavy atom. The normalized spacial score (nSPS) is 12.4. The third-order valence-electron chi connectivity index (χ3n) is 3.86. The first kappa shape index (κ1) is 19.1. The number of carbonyl (C=O) groups is 2. The van der Waals surface area contributed by atoms with Gasteiger partial charge in [0, 0.05) is 19.3 Å². The molecule has 0 aliphatic heterocycles. The molecular formula is C17H32O3. The lowest BCUT2D eigenvalue weighted by Gasteiger charge is -2.35. The molecule has 3 nitrogen and oxygen atoms in total. The van der Waals surface area contributed by atoms with Gasteiger partial charge in [-0.05, 0) is 36.5 Å². The van der Waals surface area contributed by atoms with Crippen LogP contribution >= 0.6 is 0 Å². The van der Waals surface area contributed by atoms with Crippen molar-refractivity contribution in [2.45, 2.75) is 86.0 Å². The number of rotatable bonds is 11. The van der Waals surface area contributed by atoms with Crippen LogP contribution < -0.4 is 0 Å². The number of aliphatic carboxylic acids is 1. The van der Waals surface area contributed by atoms with E-state index in [2.05, 4.69) is 34.6 Å². The topological polar surface area (TPSA) is 54.4 Å². The van der Waals surface area contributed by atoms with E-state index in [0.717, 1.165) is 25.7 Å². The first-order valence-electron chi connectivity index (χ1n) is 7.81. The highest BCUT2D eigenvalue weighted by atomic mass is 16.4. The van der Waals surface area contributed by atoms with Crippen LogP contribution in [0.4, 0.5) is 0 Å². The first-order chi connectivity index (χ1) is 9.08. The summed E-state index contributed by atoms with van der Waals surface area (Å²) in [6.07, 6.45) is 6.17. The van der Waals surface area contributed by atoms with E-state index in [1.807, 2.05) is 0 Å². The number of hydrogen-bond acceptors (Lipinski definition) is 2. The molecule has 0 spiro atoms. The minimum atomic E-state index is -0.731. The Balaban J connectivity index is 4.21. The molecule has 0 saturated carbocycles. The summed E-state index contributed by atoms with van der Waals surface area (Å²) in [5, 5.41) is 8.79. The molecule has 0 rings (SSSR count). The molecule has 0 atom stereocenters. The molecule has 0 radical (unpaired) electrons. The predicted octanol–water partition coefficient (Wildman–Crippen LogP) is 4.83. The fourth-order valence-electron chi connectivity index (χ4n) is 2.89. The predicted molar refractivity (Wildman–Crippen MR) is 82.8 cm³/mol. The van der Waals surface area contributed by atoms with E-state index in [0.29, 0.717) is 25.0 Å². The van der Waals surface area contributed by atoms with Crippen LogP contribution in [0.5, 0.6) is 0 Å². The van der Waals surface area contributed by atoms with Crippen molar-refractivity contribution in [2.75, 3.05) is 0 Å². The van der Waals surface area contributed by atoms with Crippen LogP contribution in [0.1, 0.15) is 86.0 Å². The Morgan fingerprint density at radius 2 is 1.40 bits per heavy atom. The van der Waals surface area contributed by atoms with Gasteiger partial charge < -0.3 is 5.11 Å². The lowest BCUT2D eigenvalue weighted by molar-refractivity contribution is -0.137. The molecule has 0 aromatic heterocycles. The maximum Gasteiger partial charge on any atom is 0.303 e. The number of Topliss-reactive ketones (excluding diaryl/α,β-unsaturated/α-hetero) is 1. The van der Waals surface area contributed by atoms with Gasteiger partial charge in [-0.25, -0.2) is 0 Å². The molecule has 20 heavy (non-hydrogen) atoms. The van der Waals surface area contributed by atoms with Gasteiger partial charge in [0.05, 0.1) is 0 Å². The van der Waals surface area contributed by atoms with Crippen molar-refractivity contribution in [1.29, 1.82) is 0 Å². The highest BCUT2D eigenvalue weighted by Gasteiger charge is 2.29. The molecule has 0 aromatic carbocycles. The minimum absolute atomic E-state index is 0.00829. The maximum atomic E-state index is 11.8. The molecule has 3 heteroatoms. The second-order valence-corrected chi connectivity index (χ2v) is 7.54. The number of hydrogen-bond donors (Lipinski definition) is 1. The molecule has 0 unspecified atom stereocenters. The Morgan fingerprint density at radius 1 is 0.900 bits per heavy atom. The Bertz CT molecular complexity index is 316. The number of unbranched alkanes of at least 4 members (excludes halogenated alkanes) is 1. The summed E-state index contributed by atoms with van der Waals surface area (Å²) < 4.78 is 0. The number of carboxylic acids is 1. The molecule has 0 bridgehead atoms. The second kappa shape index (κ2) is 8.43. The van der Waals surface area contributed by atoms with E-state index in [4.69, 9.17) is 5.11 Å². The van der Waals surface area contributed by atoms with Crippen LogP contribution in [-0.4, -0.2) is 16.9 Å². The van der Waals surface area contributed by atoms with Gasteiger partial charge in [-0.3, -0.25) is 9.59 Å². The molecule has 0 aliphatic rings. The van der Waals surface area contributed by atoms with Crippen LogP contribution in [0.15, 0.2) is 0 Å². The molecular weight excluding hydrogens is 252 g/mol. The fourth-order valence-corrected chi connectivity index (χ4v) is 2.89. The lowest BCUT2D eigenvalue weighted by Crippen LogP contribution is -2.24. The van der Waals surface area contributed by atoms with E-state index in [-0.39, 0.29) is 17.3 Å². The summed E-state index contributed by atoms with van der Waals surface area (Å²) in [5.74, 6) is -0.367. The smallest absolute Gasteiger partial charge is 0.303 e. The van der Waals surface area contributed by atoms with Crippen LogP contribution in [0.2, 0.25) is 0 Å². The third kappa shape index (κ3) is 9.99. The van der Waals surface area contributed by atoms with Gasteiger partial charge in [0.15, 0.2) is 0 Å². The van der Waals surface area contributed by atoms with Gasteiger partial charge in [-0.2, -0.15) is 0 Å². The van der Waals surface area contributed by atoms with Crippen LogP contribution in [0, 0.1) is 10.8 Å². The maximum absolute atomic E-state index is 11.8. The number of ketones is 1. The van der Waals surface area contributed by atoms with E-state index >= 15 is 0 Å². The van der Waals surface area contributed by atoms with Crippen molar-refractivity contribution in [3.05, 3.63) is 0 Å². The first-order valence-corrected chi connectivity index (χ1v) is 7.81. The average molecular weight is 284 g/mol. The molecule has 0 amide bonds. The monoisotopic (exact) mass is 284 g/mol. The van der Waals surface area contributed by atoms with Gasteiger partial charge in [-0.1, -0.05) is 41.0 Å². The van der Waals surface area contributed by atoms with Gasteiger partial charge in [0.2, 0.25) is 0 Å². The van der Waals surface area contributed by atoms with Crippen molar-refractivity contribution in [3.8, 4) is 0 Å². The Labute approximate surface area is 124 Å². The average Bonchev–Trinajstić information content (AvgIpc) is 2.30. The van der Waals surface area contributed by atoms with Crippen LogP contribution in [0.25, 0.3) is 0 Å². The van der Waals surface area contributed by atoms with E-state index in [1.165, 1.54) is 0 Å². The summed E-state index contributed by atoms with van der Waals surface area (Å²) >= 11 is 0. The number of carboxylic acid groups (broad SMARTS) is 1. The molecule has 0 heterocycles. The highest BCUT2D eigenvalue weighted by molar-refractivity contribution is 5.78. The van der Waals surface area contributed by atoms with Crippen molar-refractivity contribution in [2.24, 2.45) is 10.8 Å². The zero-order valence-electron chi connectivity index (χ0n) is 13.9. The van der Waals surface area contributed by atoms with Gasteiger partial charge >= 0.3 is 5.97 Å². The summed E-state index contributed by atoms with van der Waals surface area (Å²) in [5.41, 5.74) is 0.0955. The van der Waals surface area contributed by atoms with E-state index in [1.54, 1.807) is 0 Å². The molecule has 118 valence electrons. The van der Waals surface area contributed by atoms with Crippen molar-refractivity contribution in [3.63, 3.8) is 0 Å². The standard InChI is InChI=1S/C17H32O3/c1-6-7-8-14(18)9-11-16(2,3)13-17(4,5)12-10-15(19)20/h6-13H2,1-5H3,(H,19,20). The van der Waals surface area contributed by atoms with Crippen LogP contribution in [-0.2, 0) is 9.59 Å². The second-order valence-electron chi connectivity index (χ2n) is 7.54.